The van der Waals surface area contributed by atoms with Crippen LogP contribution in [0.5, 0.6) is 11.5 Å². The van der Waals surface area contributed by atoms with Gasteiger partial charge in [0.15, 0.2) is 0 Å². The SMILES string of the molecule is COc1ccc(Br)c(C(=O)Nc2cc(C(=O)NCc3ccccc3OC)ccc2N2CC3CC(C2)c2cccc(=O)n2C3)c1. The van der Waals surface area contributed by atoms with Crippen LogP contribution in [0.4, 0.5) is 11.4 Å². The van der Waals surface area contributed by atoms with Crippen LogP contribution in [0, 0.1) is 5.92 Å². The monoisotopic (exact) mass is 656 g/mol. The van der Waals surface area contributed by atoms with Crippen molar-refractivity contribution in [2.24, 2.45) is 5.92 Å². The zero-order valence-corrected chi connectivity index (χ0v) is 26.1. The van der Waals surface area contributed by atoms with Gasteiger partial charge in [-0.2, -0.15) is 0 Å². The van der Waals surface area contributed by atoms with Gasteiger partial charge >= 0.3 is 0 Å². The maximum atomic E-state index is 13.6. The summed E-state index contributed by atoms with van der Waals surface area (Å²) in [7, 11) is 3.15. The van der Waals surface area contributed by atoms with Crippen LogP contribution < -0.4 is 30.6 Å². The molecule has 226 valence electrons. The van der Waals surface area contributed by atoms with Gasteiger partial charge in [0, 0.05) is 59.5 Å². The lowest BCUT2D eigenvalue weighted by Gasteiger charge is -2.44. The topological polar surface area (TPSA) is 102 Å². The number of anilines is 2. The van der Waals surface area contributed by atoms with Gasteiger partial charge in [0.2, 0.25) is 0 Å². The molecule has 2 unspecified atom stereocenters. The van der Waals surface area contributed by atoms with E-state index in [0.29, 0.717) is 45.9 Å². The molecule has 2 atom stereocenters. The summed E-state index contributed by atoms with van der Waals surface area (Å²) in [6.45, 7) is 2.36. The molecule has 2 aliphatic heterocycles. The van der Waals surface area contributed by atoms with Crippen molar-refractivity contribution in [3.63, 3.8) is 0 Å². The van der Waals surface area contributed by atoms with Gasteiger partial charge in [-0.25, -0.2) is 0 Å². The summed E-state index contributed by atoms with van der Waals surface area (Å²) < 4.78 is 13.3. The van der Waals surface area contributed by atoms with Crippen LogP contribution in [0.1, 0.15) is 44.3 Å². The van der Waals surface area contributed by atoms with Crippen LogP contribution in [0.15, 0.2) is 88.1 Å². The molecular formula is C34H33BrN4O5. The first kappa shape index (κ1) is 29.5. The molecule has 6 rings (SSSR count). The van der Waals surface area contributed by atoms with Crippen LogP contribution >= 0.6 is 15.9 Å². The smallest absolute Gasteiger partial charge is 0.257 e. The molecule has 2 bridgehead atoms. The molecular weight excluding hydrogens is 624 g/mol. The number of pyridine rings is 1. The van der Waals surface area contributed by atoms with Crippen LogP contribution in [0.3, 0.4) is 0 Å². The number of benzene rings is 3. The van der Waals surface area contributed by atoms with Crippen LogP contribution in [0.25, 0.3) is 0 Å². The van der Waals surface area contributed by atoms with Crippen LogP contribution in [-0.2, 0) is 13.1 Å². The molecule has 1 fully saturated rings. The number of halogens is 1. The third-order valence-electron chi connectivity index (χ3n) is 8.38. The first-order chi connectivity index (χ1) is 21.3. The lowest BCUT2D eigenvalue weighted by atomic mass is 9.83. The Labute approximate surface area is 263 Å². The Bertz CT molecular complexity index is 1790. The first-order valence-corrected chi connectivity index (χ1v) is 15.3. The normalized spacial score (nSPS) is 16.9. The van der Waals surface area contributed by atoms with Gasteiger partial charge < -0.3 is 29.6 Å². The van der Waals surface area contributed by atoms with Gasteiger partial charge in [0.05, 0.1) is 31.2 Å². The van der Waals surface area contributed by atoms with E-state index in [1.807, 2.05) is 47.0 Å². The highest BCUT2D eigenvalue weighted by Gasteiger charge is 2.35. The molecule has 0 saturated carbocycles. The second-order valence-corrected chi connectivity index (χ2v) is 12.0. The van der Waals surface area contributed by atoms with Crippen molar-refractivity contribution in [3.05, 3.63) is 116 Å². The van der Waals surface area contributed by atoms with E-state index in [-0.39, 0.29) is 35.8 Å². The Hall–Kier alpha value is -4.57. The number of rotatable bonds is 8. The molecule has 2 N–H and O–H groups in total. The van der Waals surface area contributed by atoms with E-state index in [9.17, 15) is 14.4 Å². The van der Waals surface area contributed by atoms with Crippen molar-refractivity contribution in [2.75, 3.05) is 37.5 Å². The molecule has 0 radical (unpaired) electrons. The lowest BCUT2D eigenvalue weighted by molar-refractivity contribution is 0.0949. The summed E-state index contributed by atoms with van der Waals surface area (Å²) in [5.74, 6) is 1.10. The average molecular weight is 658 g/mol. The molecule has 3 aromatic carbocycles. The highest BCUT2D eigenvalue weighted by molar-refractivity contribution is 9.10. The maximum absolute atomic E-state index is 13.6. The number of ether oxygens (including phenoxy) is 2. The summed E-state index contributed by atoms with van der Waals surface area (Å²) in [5, 5.41) is 6.05. The fraction of sp³-hybridized carbons (Fsp3) is 0.265. The summed E-state index contributed by atoms with van der Waals surface area (Å²) in [6.07, 6.45) is 1.00. The third-order valence-corrected chi connectivity index (χ3v) is 9.07. The Kier molecular flexibility index (Phi) is 8.43. The molecule has 4 aromatic rings. The van der Waals surface area contributed by atoms with Crippen LogP contribution in [0.2, 0.25) is 0 Å². The number of hydrogen-bond acceptors (Lipinski definition) is 6. The Balaban J connectivity index is 1.31. The minimum atomic E-state index is -0.335. The zero-order valence-electron chi connectivity index (χ0n) is 24.5. The van der Waals surface area contributed by atoms with Crippen molar-refractivity contribution in [2.45, 2.75) is 25.4 Å². The minimum absolute atomic E-state index is 0.0333. The van der Waals surface area contributed by atoms with E-state index in [1.54, 1.807) is 50.6 Å². The Morgan fingerprint density at radius 1 is 0.909 bits per heavy atom. The van der Waals surface area contributed by atoms with Crippen molar-refractivity contribution in [1.29, 1.82) is 0 Å². The number of amides is 2. The summed E-state index contributed by atoms with van der Waals surface area (Å²) in [5.41, 5.74) is 4.10. The molecule has 9 nitrogen and oxygen atoms in total. The number of piperidine rings is 1. The van der Waals surface area contributed by atoms with E-state index in [4.69, 9.17) is 9.47 Å². The summed E-state index contributed by atoms with van der Waals surface area (Å²) in [6, 6.07) is 23.6. The first-order valence-electron chi connectivity index (χ1n) is 14.5. The van der Waals surface area contributed by atoms with E-state index < -0.39 is 0 Å². The van der Waals surface area contributed by atoms with E-state index in [0.717, 1.165) is 29.9 Å². The molecule has 3 heterocycles. The molecule has 1 saturated heterocycles. The fourth-order valence-corrected chi connectivity index (χ4v) is 6.69. The second kappa shape index (κ2) is 12.6. The van der Waals surface area contributed by atoms with Gasteiger partial charge in [0.25, 0.3) is 17.4 Å². The molecule has 10 heteroatoms. The molecule has 0 spiro atoms. The number of hydrogen-bond donors (Lipinski definition) is 2. The predicted octanol–water partition coefficient (Wildman–Crippen LogP) is 5.43. The number of para-hydroxylation sites is 1. The highest BCUT2D eigenvalue weighted by Crippen LogP contribution is 2.39. The molecule has 2 aliphatic rings. The standard InChI is InChI=1S/C34H33BrN4O5/c1-43-25-11-12-27(35)26(16-25)34(42)37-28-15-22(33(41)36-17-23-6-3-4-8-31(23)44-2)10-13-30(28)38-18-21-14-24(20-38)29-7-5-9-32(40)39(29)19-21/h3-13,15-16,21,24H,14,17-20H2,1-2H3,(H,36,41)(H,37,42). The predicted molar refractivity (Wildman–Crippen MR) is 173 cm³/mol. The Morgan fingerprint density at radius 3 is 2.57 bits per heavy atom. The quantitative estimate of drug-likeness (QED) is 0.262. The van der Waals surface area contributed by atoms with Gasteiger partial charge in [-0.05, 0) is 76.8 Å². The highest BCUT2D eigenvalue weighted by atomic mass is 79.9. The summed E-state index contributed by atoms with van der Waals surface area (Å²) in [4.78, 5) is 41.8. The molecule has 1 aromatic heterocycles. The molecule has 2 amide bonds. The van der Waals surface area contributed by atoms with Gasteiger partial charge in [-0.15, -0.1) is 0 Å². The number of nitrogens with zero attached hydrogens (tertiary/aromatic N) is 2. The molecule has 44 heavy (non-hydrogen) atoms. The Morgan fingerprint density at radius 2 is 1.75 bits per heavy atom. The fourth-order valence-electron chi connectivity index (χ4n) is 6.27. The van der Waals surface area contributed by atoms with Gasteiger partial charge in [-0.3, -0.25) is 14.4 Å². The number of nitrogens with one attached hydrogen (secondary N) is 2. The van der Waals surface area contributed by atoms with Crippen molar-refractivity contribution < 1.29 is 19.1 Å². The van der Waals surface area contributed by atoms with Crippen molar-refractivity contribution in [3.8, 4) is 11.5 Å². The van der Waals surface area contributed by atoms with E-state index >= 15 is 0 Å². The zero-order chi connectivity index (χ0) is 30.8. The van der Waals surface area contributed by atoms with Crippen molar-refractivity contribution >= 4 is 39.1 Å². The van der Waals surface area contributed by atoms with Crippen LogP contribution in [-0.4, -0.2) is 43.7 Å². The van der Waals surface area contributed by atoms with E-state index in [1.165, 1.54) is 0 Å². The summed E-state index contributed by atoms with van der Waals surface area (Å²) >= 11 is 3.49. The lowest BCUT2D eigenvalue weighted by Crippen LogP contribution is -2.47. The minimum Gasteiger partial charge on any atom is -0.497 e. The van der Waals surface area contributed by atoms with E-state index in [2.05, 4.69) is 31.5 Å². The average Bonchev–Trinajstić information content (AvgIpc) is 3.04. The number of fused-ring (bicyclic) bond motifs is 4. The maximum Gasteiger partial charge on any atom is 0.257 e. The number of aromatic nitrogens is 1. The third kappa shape index (κ3) is 5.94. The van der Waals surface area contributed by atoms with Gasteiger partial charge in [-0.1, -0.05) is 24.3 Å². The van der Waals surface area contributed by atoms with Crippen molar-refractivity contribution in [1.82, 2.24) is 9.88 Å². The van der Waals surface area contributed by atoms with Gasteiger partial charge in [0.1, 0.15) is 11.5 Å². The largest absolute Gasteiger partial charge is 0.497 e. The number of carbonyl (C=O) groups is 2. The molecule has 0 aliphatic carbocycles. The number of methoxy groups -OCH3 is 2. The second-order valence-electron chi connectivity index (χ2n) is 11.1. The number of carbonyl (C=O) groups excluding carboxylic acids is 2.